The van der Waals surface area contributed by atoms with Crippen molar-refractivity contribution in [3.63, 3.8) is 0 Å². The summed E-state index contributed by atoms with van der Waals surface area (Å²) < 4.78 is 89.0. The Kier molecular flexibility index (Phi) is 5.99. The molecular weight excluding hydrogens is 481 g/mol. The summed E-state index contributed by atoms with van der Waals surface area (Å²) in [5, 5.41) is 0. The molecule has 1 aromatic carbocycles. The molecule has 0 aliphatic carbocycles. The molecule has 0 amide bonds. The molecule has 0 saturated carbocycles. The summed E-state index contributed by atoms with van der Waals surface area (Å²) >= 11 is 0. The Morgan fingerprint density at radius 3 is 2.55 bits per heavy atom. The average Bonchev–Trinajstić information content (AvgIpc) is 3.09. The SMILES string of the molecule is CCS(=O)(=O)c1cc(N=S2(=O)CCOCC2)ccc1-c1nc2cc(C(F)(F)F)ncc2n1C. The molecule has 8 nitrogen and oxygen atoms in total. The number of nitrogens with zero attached hydrogens (tertiary/aromatic N) is 4. The first-order valence-electron chi connectivity index (χ1n) is 10.0. The van der Waals surface area contributed by atoms with Gasteiger partial charge in [0, 0.05) is 12.6 Å². The van der Waals surface area contributed by atoms with Crippen LogP contribution in [0.5, 0.6) is 0 Å². The first kappa shape index (κ1) is 23.6. The van der Waals surface area contributed by atoms with Crippen LogP contribution in [-0.4, -0.2) is 57.6 Å². The van der Waals surface area contributed by atoms with Crippen molar-refractivity contribution < 1.29 is 30.5 Å². The van der Waals surface area contributed by atoms with Crippen molar-refractivity contribution in [3.05, 3.63) is 36.2 Å². The first-order valence-corrected chi connectivity index (χ1v) is 13.5. The highest BCUT2D eigenvalue weighted by atomic mass is 32.2. The molecule has 13 heteroatoms. The highest BCUT2D eigenvalue weighted by molar-refractivity contribution is 7.93. The van der Waals surface area contributed by atoms with Crippen LogP contribution in [0, 0.1) is 0 Å². The summed E-state index contributed by atoms with van der Waals surface area (Å²) in [5.41, 5.74) is -0.275. The number of sulfone groups is 1. The first-order chi connectivity index (χ1) is 15.4. The van der Waals surface area contributed by atoms with Gasteiger partial charge in [0.15, 0.2) is 9.84 Å². The summed E-state index contributed by atoms with van der Waals surface area (Å²) in [4.78, 5) is 7.66. The molecular formula is C20H21F3N4O4S2. The lowest BCUT2D eigenvalue weighted by molar-refractivity contribution is -0.141. The largest absolute Gasteiger partial charge is 0.433 e. The molecule has 1 aliphatic rings. The lowest BCUT2D eigenvalue weighted by atomic mass is 10.2. The molecule has 0 unspecified atom stereocenters. The van der Waals surface area contributed by atoms with Gasteiger partial charge in [0.05, 0.1) is 68.0 Å². The van der Waals surface area contributed by atoms with Crippen molar-refractivity contribution in [2.75, 3.05) is 30.5 Å². The summed E-state index contributed by atoms with van der Waals surface area (Å²) in [6.45, 7) is 2.11. The van der Waals surface area contributed by atoms with Gasteiger partial charge < -0.3 is 9.30 Å². The second kappa shape index (κ2) is 8.37. The zero-order chi connectivity index (χ0) is 24.0. The second-order valence-electron chi connectivity index (χ2n) is 7.52. The summed E-state index contributed by atoms with van der Waals surface area (Å²) in [5.74, 6) is 0.462. The maximum atomic E-state index is 13.1. The number of ether oxygens (including phenoxy) is 1. The number of imidazole rings is 1. The van der Waals surface area contributed by atoms with E-state index in [1.807, 2.05) is 0 Å². The highest BCUT2D eigenvalue weighted by Crippen LogP contribution is 2.35. The smallest absolute Gasteiger partial charge is 0.379 e. The Morgan fingerprint density at radius 1 is 1.21 bits per heavy atom. The van der Waals surface area contributed by atoms with E-state index in [2.05, 4.69) is 14.3 Å². The Hall–Kier alpha value is -2.51. The molecule has 1 aliphatic heterocycles. The minimum atomic E-state index is -4.63. The van der Waals surface area contributed by atoms with Crippen LogP contribution in [0.4, 0.5) is 18.9 Å². The number of hydrogen-bond acceptors (Lipinski definition) is 7. The molecule has 0 spiro atoms. The van der Waals surface area contributed by atoms with Crippen molar-refractivity contribution in [2.45, 2.75) is 18.0 Å². The molecule has 0 radical (unpaired) electrons. The fourth-order valence-corrected chi connectivity index (χ4v) is 6.26. The van der Waals surface area contributed by atoms with E-state index in [0.29, 0.717) is 18.7 Å². The van der Waals surface area contributed by atoms with E-state index in [1.54, 1.807) is 7.05 Å². The van der Waals surface area contributed by atoms with E-state index in [9.17, 15) is 25.8 Å². The van der Waals surface area contributed by atoms with Crippen LogP contribution in [-0.2, 0) is 37.5 Å². The predicted molar refractivity (Wildman–Crippen MR) is 117 cm³/mol. The maximum Gasteiger partial charge on any atom is 0.433 e. The van der Waals surface area contributed by atoms with Crippen molar-refractivity contribution in [1.29, 1.82) is 0 Å². The third-order valence-electron chi connectivity index (χ3n) is 5.34. The van der Waals surface area contributed by atoms with E-state index in [4.69, 9.17) is 4.74 Å². The van der Waals surface area contributed by atoms with Gasteiger partial charge in [-0.05, 0) is 24.3 Å². The fourth-order valence-electron chi connectivity index (χ4n) is 3.52. The third kappa shape index (κ3) is 4.62. The van der Waals surface area contributed by atoms with E-state index < -0.39 is 31.4 Å². The van der Waals surface area contributed by atoms with Gasteiger partial charge in [0.2, 0.25) is 0 Å². The van der Waals surface area contributed by atoms with Gasteiger partial charge in [-0.1, -0.05) is 6.92 Å². The molecule has 0 bridgehead atoms. The molecule has 1 fully saturated rings. The van der Waals surface area contributed by atoms with Crippen LogP contribution in [0.25, 0.3) is 22.4 Å². The normalized spacial score (nSPS) is 16.8. The molecule has 0 atom stereocenters. The maximum absolute atomic E-state index is 13.1. The van der Waals surface area contributed by atoms with E-state index in [0.717, 1.165) is 12.3 Å². The monoisotopic (exact) mass is 502 g/mol. The Balaban J connectivity index is 1.90. The molecule has 4 rings (SSSR count). The third-order valence-corrected chi connectivity index (χ3v) is 9.26. The van der Waals surface area contributed by atoms with Crippen molar-refractivity contribution in [3.8, 4) is 11.4 Å². The summed E-state index contributed by atoms with van der Waals surface area (Å²) in [6.07, 6.45) is -3.57. The van der Waals surface area contributed by atoms with Gasteiger partial charge in [-0.15, -0.1) is 0 Å². The number of hydrogen-bond donors (Lipinski definition) is 0. The molecule has 0 N–H and O–H groups in total. The summed E-state index contributed by atoms with van der Waals surface area (Å²) in [6, 6.07) is 5.19. The zero-order valence-corrected chi connectivity index (χ0v) is 19.4. The number of halogens is 3. The Labute approximate surface area is 188 Å². The number of aryl methyl sites for hydroxylation is 1. The molecule has 178 valence electrons. The lowest BCUT2D eigenvalue weighted by Gasteiger charge is -2.16. The van der Waals surface area contributed by atoms with Gasteiger partial charge in [-0.25, -0.2) is 22.6 Å². The van der Waals surface area contributed by atoms with Gasteiger partial charge in [0.25, 0.3) is 0 Å². The van der Waals surface area contributed by atoms with Crippen LogP contribution < -0.4 is 0 Å². The Bertz CT molecular complexity index is 1440. The lowest BCUT2D eigenvalue weighted by Crippen LogP contribution is -2.25. The van der Waals surface area contributed by atoms with Crippen LogP contribution in [0.2, 0.25) is 0 Å². The van der Waals surface area contributed by atoms with Crippen molar-refractivity contribution in [1.82, 2.24) is 14.5 Å². The van der Waals surface area contributed by atoms with E-state index in [1.165, 1.54) is 29.7 Å². The second-order valence-corrected chi connectivity index (χ2v) is 12.3. The molecule has 3 aromatic rings. The molecule has 2 aromatic heterocycles. The zero-order valence-electron chi connectivity index (χ0n) is 17.8. The highest BCUT2D eigenvalue weighted by Gasteiger charge is 2.33. The van der Waals surface area contributed by atoms with Gasteiger partial charge >= 0.3 is 6.18 Å². The van der Waals surface area contributed by atoms with Crippen molar-refractivity contribution in [2.24, 2.45) is 11.4 Å². The summed E-state index contributed by atoms with van der Waals surface area (Å²) in [7, 11) is -4.77. The molecule has 3 heterocycles. The van der Waals surface area contributed by atoms with Gasteiger partial charge in [0.1, 0.15) is 11.5 Å². The minimum Gasteiger partial charge on any atom is -0.379 e. The number of rotatable bonds is 4. The number of pyridine rings is 1. The fraction of sp³-hybridized carbons (Fsp3) is 0.400. The average molecular weight is 503 g/mol. The van der Waals surface area contributed by atoms with Crippen LogP contribution in [0.1, 0.15) is 12.6 Å². The number of benzene rings is 1. The van der Waals surface area contributed by atoms with Crippen LogP contribution >= 0.6 is 0 Å². The van der Waals surface area contributed by atoms with Crippen LogP contribution in [0.3, 0.4) is 0 Å². The number of alkyl halides is 3. The standard InChI is InChI=1S/C20H21F3N4O4S2/c1-3-33(29,30)17-10-13(26-32(28)8-6-31-7-9-32)4-5-14(17)19-25-15-11-18(20(21,22)23)24-12-16(15)27(19)2/h4-5,10-12H,3,6-9H2,1-2H3. The topological polar surface area (TPSA) is 104 Å². The Morgan fingerprint density at radius 2 is 1.91 bits per heavy atom. The number of aromatic nitrogens is 3. The number of fused-ring (bicyclic) bond motifs is 1. The predicted octanol–water partition coefficient (Wildman–Crippen LogP) is 3.58. The van der Waals surface area contributed by atoms with Crippen molar-refractivity contribution >= 4 is 36.3 Å². The quantitative estimate of drug-likeness (QED) is 0.540. The molecule has 33 heavy (non-hydrogen) atoms. The molecule has 1 saturated heterocycles. The van der Waals surface area contributed by atoms with E-state index in [-0.39, 0.29) is 44.7 Å². The van der Waals surface area contributed by atoms with E-state index >= 15 is 0 Å². The van der Waals surface area contributed by atoms with Gasteiger partial charge in [-0.2, -0.15) is 17.5 Å². The minimum absolute atomic E-state index is 0.0357. The van der Waals surface area contributed by atoms with Gasteiger partial charge in [-0.3, -0.25) is 0 Å². The van der Waals surface area contributed by atoms with Crippen LogP contribution in [0.15, 0.2) is 39.7 Å².